The highest BCUT2D eigenvalue weighted by molar-refractivity contribution is 7.89. The van der Waals surface area contributed by atoms with Gasteiger partial charge in [-0.1, -0.05) is 49.4 Å². The Kier molecular flexibility index (Phi) is 7.44. The third kappa shape index (κ3) is 5.71. The van der Waals surface area contributed by atoms with E-state index < -0.39 is 10.0 Å². The second kappa shape index (κ2) is 10.2. The van der Waals surface area contributed by atoms with Crippen molar-refractivity contribution in [1.29, 1.82) is 0 Å². The molecule has 31 heavy (non-hydrogen) atoms. The van der Waals surface area contributed by atoms with Gasteiger partial charge in [-0.3, -0.25) is 4.79 Å². The molecule has 3 rings (SSSR count). The van der Waals surface area contributed by atoms with E-state index in [9.17, 15) is 13.2 Å². The summed E-state index contributed by atoms with van der Waals surface area (Å²) < 4.78 is 32.7. The molecule has 162 valence electrons. The van der Waals surface area contributed by atoms with Crippen LogP contribution in [-0.4, -0.2) is 32.3 Å². The highest BCUT2D eigenvalue weighted by Gasteiger charge is 2.21. The number of anilines is 1. The van der Waals surface area contributed by atoms with E-state index in [1.807, 2.05) is 43.3 Å². The van der Waals surface area contributed by atoms with Gasteiger partial charge in [-0.05, 0) is 48.4 Å². The lowest BCUT2D eigenvalue weighted by Gasteiger charge is -2.17. The van der Waals surface area contributed by atoms with E-state index in [0.29, 0.717) is 23.6 Å². The molecule has 0 atom stereocenters. The summed E-state index contributed by atoms with van der Waals surface area (Å²) in [7, 11) is -2.10. The number of benzene rings is 3. The van der Waals surface area contributed by atoms with Crippen molar-refractivity contribution in [3.8, 4) is 5.75 Å². The molecule has 0 fully saturated rings. The predicted molar refractivity (Wildman–Crippen MR) is 122 cm³/mol. The predicted octanol–water partition coefficient (Wildman–Crippen LogP) is 4.55. The molecule has 0 unspecified atom stereocenters. The first-order chi connectivity index (χ1) is 14.9. The van der Waals surface area contributed by atoms with Crippen molar-refractivity contribution in [2.24, 2.45) is 0 Å². The molecule has 0 aliphatic rings. The molecule has 0 spiro atoms. The van der Waals surface area contributed by atoms with E-state index in [-0.39, 0.29) is 17.3 Å². The van der Waals surface area contributed by atoms with Gasteiger partial charge in [0.25, 0.3) is 5.91 Å². The monoisotopic (exact) mass is 438 g/mol. The van der Waals surface area contributed by atoms with Crippen LogP contribution in [0.25, 0.3) is 0 Å². The van der Waals surface area contributed by atoms with Crippen LogP contribution in [0.15, 0.2) is 83.8 Å². The zero-order chi connectivity index (χ0) is 22.3. The average molecular weight is 439 g/mol. The summed E-state index contributed by atoms with van der Waals surface area (Å²) in [5, 5.41) is 2.80. The van der Waals surface area contributed by atoms with Gasteiger partial charge in [0.1, 0.15) is 5.75 Å². The third-order valence-corrected chi connectivity index (χ3v) is 6.48. The van der Waals surface area contributed by atoms with Crippen molar-refractivity contribution in [1.82, 2.24) is 4.31 Å². The number of carbonyl (C=O) groups is 1. The fourth-order valence-corrected chi connectivity index (χ4v) is 4.17. The zero-order valence-corrected chi connectivity index (χ0v) is 18.4. The molecule has 7 heteroatoms. The maximum Gasteiger partial charge on any atom is 0.259 e. The van der Waals surface area contributed by atoms with Gasteiger partial charge in [-0.15, -0.1) is 0 Å². The minimum absolute atomic E-state index is 0.163. The quantitative estimate of drug-likeness (QED) is 0.532. The normalized spacial score (nSPS) is 11.3. The molecular weight excluding hydrogens is 412 g/mol. The molecule has 0 aliphatic heterocycles. The third-order valence-electron chi connectivity index (χ3n) is 4.66. The minimum atomic E-state index is -3.65. The molecule has 1 N–H and O–H groups in total. The van der Waals surface area contributed by atoms with Gasteiger partial charge in [-0.2, -0.15) is 4.31 Å². The number of sulfonamides is 1. The molecule has 3 aromatic carbocycles. The van der Waals surface area contributed by atoms with Crippen molar-refractivity contribution in [2.45, 2.75) is 24.8 Å². The first-order valence-electron chi connectivity index (χ1n) is 10.1. The van der Waals surface area contributed by atoms with Crippen molar-refractivity contribution >= 4 is 21.6 Å². The van der Waals surface area contributed by atoms with Gasteiger partial charge in [-0.25, -0.2) is 8.42 Å². The smallest absolute Gasteiger partial charge is 0.259 e. The number of para-hydroxylation sites is 1. The molecule has 0 aliphatic carbocycles. The fourth-order valence-electron chi connectivity index (χ4n) is 3.01. The van der Waals surface area contributed by atoms with Crippen molar-refractivity contribution < 1.29 is 17.9 Å². The molecule has 0 aromatic heterocycles. The number of amides is 1. The van der Waals surface area contributed by atoms with Crippen molar-refractivity contribution in [2.75, 3.05) is 19.0 Å². The lowest BCUT2D eigenvalue weighted by atomic mass is 10.2. The van der Waals surface area contributed by atoms with E-state index in [1.165, 1.54) is 16.4 Å². The summed E-state index contributed by atoms with van der Waals surface area (Å²) in [5.41, 5.74) is 1.83. The maximum absolute atomic E-state index is 12.9. The van der Waals surface area contributed by atoms with Crippen molar-refractivity contribution in [3.05, 3.63) is 90.0 Å². The molecule has 6 nitrogen and oxygen atoms in total. The van der Waals surface area contributed by atoms with Crippen LogP contribution in [0, 0.1) is 0 Å². The Labute approximate surface area is 183 Å². The molecular formula is C24H26N2O4S. The first-order valence-corrected chi connectivity index (χ1v) is 11.5. The van der Waals surface area contributed by atoms with Gasteiger partial charge in [0.15, 0.2) is 0 Å². The Bertz CT molecular complexity index is 1110. The number of rotatable bonds is 9. The molecule has 3 aromatic rings. The number of ether oxygens (including phenoxy) is 1. The summed E-state index contributed by atoms with van der Waals surface area (Å²) in [6, 6.07) is 22.6. The summed E-state index contributed by atoms with van der Waals surface area (Å²) >= 11 is 0. The number of carbonyl (C=O) groups excluding carboxylic acids is 1. The van der Waals surface area contributed by atoms with E-state index >= 15 is 0 Å². The Morgan fingerprint density at radius 2 is 1.58 bits per heavy atom. The van der Waals surface area contributed by atoms with E-state index in [2.05, 4.69) is 5.32 Å². The van der Waals surface area contributed by atoms with Crippen molar-refractivity contribution in [3.63, 3.8) is 0 Å². The molecule has 0 heterocycles. The number of nitrogens with one attached hydrogen (secondary N) is 1. The molecule has 0 saturated heterocycles. The van der Waals surface area contributed by atoms with Crippen LogP contribution in [0.2, 0.25) is 0 Å². The van der Waals surface area contributed by atoms with E-state index in [0.717, 1.165) is 12.0 Å². The Morgan fingerprint density at radius 3 is 2.26 bits per heavy atom. The van der Waals surface area contributed by atoms with Gasteiger partial charge >= 0.3 is 0 Å². The van der Waals surface area contributed by atoms with Crippen LogP contribution >= 0.6 is 0 Å². The lowest BCUT2D eigenvalue weighted by molar-refractivity contribution is 0.102. The van der Waals surface area contributed by atoms with Crippen LogP contribution in [0.1, 0.15) is 29.3 Å². The zero-order valence-electron chi connectivity index (χ0n) is 17.6. The van der Waals surface area contributed by atoms with Gasteiger partial charge in [0.2, 0.25) is 10.0 Å². The molecule has 1 amide bonds. The first kappa shape index (κ1) is 22.5. The average Bonchev–Trinajstić information content (AvgIpc) is 2.79. The summed E-state index contributed by atoms with van der Waals surface area (Å²) in [5.74, 6) is 0.201. The number of nitrogens with zero attached hydrogens (tertiary/aromatic N) is 1. The molecule has 0 saturated carbocycles. The Morgan fingerprint density at radius 1 is 0.935 bits per heavy atom. The second-order valence-electron chi connectivity index (χ2n) is 7.07. The van der Waals surface area contributed by atoms with E-state index in [1.54, 1.807) is 37.4 Å². The number of hydrogen-bond donors (Lipinski definition) is 1. The van der Waals surface area contributed by atoms with E-state index in [4.69, 9.17) is 4.74 Å². The van der Waals surface area contributed by atoms with Crippen LogP contribution in [0.5, 0.6) is 5.75 Å². The topological polar surface area (TPSA) is 75.7 Å². The Balaban J connectivity index is 1.71. The molecule has 0 radical (unpaired) electrons. The van der Waals surface area contributed by atoms with Crippen LogP contribution in [-0.2, 0) is 16.6 Å². The maximum atomic E-state index is 12.9. The largest absolute Gasteiger partial charge is 0.493 e. The van der Waals surface area contributed by atoms with Crippen LogP contribution in [0.4, 0.5) is 5.69 Å². The van der Waals surface area contributed by atoms with Gasteiger partial charge < -0.3 is 10.1 Å². The van der Waals surface area contributed by atoms with Crippen LogP contribution < -0.4 is 10.1 Å². The summed E-state index contributed by atoms with van der Waals surface area (Å²) in [6.07, 6.45) is 0.838. The number of hydrogen-bond acceptors (Lipinski definition) is 4. The second-order valence-corrected chi connectivity index (χ2v) is 9.11. The molecule has 0 bridgehead atoms. The SMILES string of the molecule is CCCOc1ccccc1C(=O)Nc1ccc(S(=O)(=O)N(C)Cc2ccccc2)cc1. The summed E-state index contributed by atoms with van der Waals surface area (Å²) in [4.78, 5) is 12.8. The van der Waals surface area contributed by atoms with Crippen LogP contribution in [0.3, 0.4) is 0 Å². The fraction of sp³-hybridized carbons (Fsp3) is 0.208. The minimum Gasteiger partial charge on any atom is -0.493 e. The lowest BCUT2D eigenvalue weighted by Crippen LogP contribution is -2.26. The van der Waals surface area contributed by atoms with Gasteiger partial charge in [0.05, 0.1) is 17.1 Å². The highest BCUT2D eigenvalue weighted by atomic mass is 32.2. The standard InChI is InChI=1S/C24H26N2O4S/c1-3-17-30-23-12-8-7-11-22(23)24(27)25-20-13-15-21(16-14-20)31(28,29)26(2)18-19-9-5-4-6-10-19/h4-16H,3,17-18H2,1-2H3,(H,25,27). The summed E-state index contributed by atoms with van der Waals surface area (Å²) in [6.45, 7) is 2.79. The Hall–Kier alpha value is -3.16. The highest BCUT2D eigenvalue weighted by Crippen LogP contribution is 2.22. The van der Waals surface area contributed by atoms with Gasteiger partial charge in [0, 0.05) is 19.3 Å².